The molecule has 0 bridgehead atoms. The highest BCUT2D eigenvalue weighted by Crippen LogP contribution is 2.20. The fraction of sp³-hybridized carbons (Fsp3) is 0.455. The van der Waals surface area contributed by atoms with E-state index in [-0.39, 0.29) is 6.04 Å². The summed E-state index contributed by atoms with van der Waals surface area (Å²) in [6, 6.07) is 7.34. The number of methoxy groups -OCH3 is 1. The lowest BCUT2D eigenvalue weighted by Gasteiger charge is -2.13. The fourth-order valence-corrected chi connectivity index (χ4v) is 1.49. The first-order chi connectivity index (χ1) is 7.25. The Morgan fingerprint density at radius 1 is 1.33 bits per heavy atom. The molecular weight excluding hydrogens is 214 g/mol. The highest BCUT2D eigenvalue weighted by Gasteiger charge is 2.09. The van der Waals surface area contributed by atoms with Crippen molar-refractivity contribution < 1.29 is 9.47 Å². The minimum absolute atomic E-state index is 0.185. The maximum atomic E-state index is 6.00. The highest BCUT2D eigenvalue weighted by molar-refractivity contribution is 6.31. The zero-order chi connectivity index (χ0) is 11.1. The van der Waals surface area contributed by atoms with Crippen molar-refractivity contribution in [1.29, 1.82) is 0 Å². The van der Waals surface area contributed by atoms with Crippen LogP contribution in [0.4, 0.5) is 0 Å². The van der Waals surface area contributed by atoms with Crippen molar-refractivity contribution >= 4 is 11.6 Å². The molecule has 0 aliphatic carbocycles. The first kappa shape index (κ1) is 12.5. The van der Waals surface area contributed by atoms with Crippen LogP contribution < -0.4 is 5.73 Å². The van der Waals surface area contributed by atoms with Crippen LogP contribution in [0.15, 0.2) is 24.3 Å². The third-order valence-electron chi connectivity index (χ3n) is 2.03. The average Bonchev–Trinajstić information content (AvgIpc) is 2.25. The molecule has 0 fully saturated rings. The predicted molar refractivity (Wildman–Crippen MR) is 61.1 cm³/mol. The minimum Gasteiger partial charge on any atom is -0.382 e. The van der Waals surface area contributed by atoms with Gasteiger partial charge in [0.15, 0.2) is 0 Å². The predicted octanol–water partition coefficient (Wildman–Crippen LogP) is 2.00. The van der Waals surface area contributed by atoms with E-state index in [0.29, 0.717) is 24.8 Å². The number of rotatable bonds is 6. The van der Waals surface area contributed by atoms with Gasteiger partial charge in [-0.2, -0.15) is 0 Å². The zero-order valence-electron chi connectivity index (χ0n) is 8.78. The molecule has 0 saturated heterocycles. The molecule has 0 aliphatic rings. The average molecular weight is 230 g/mol. The third kappa shape index (κ3) is 4.18. The maximum absolute atomic E-state index is 6.00. The van der Waals surface area contributed by atoms with E-state index in [4.69, 9.17) is 26.8 Å². The van der Waals surface area contributed by atoms with Crippen molar-refractivity contribution in [1.82, 2.24) is 0 Å². The molecule has 84 valence electrons. The summed E-state index contributed by atoms with van der Waals surface area (Å²) in [7, 11) is 1.64. The second-order valence-electron chi connectivity index (χ2n) is 3.20. The Morgan fingerprint density at radius 2 is 2.07 bits per heavy atom. The summed E-state index contributed by atoms with van der Waals surface area (Å²) in [5, 5.41) is 0.681. The van der Waals surface area contributed by atoms with Gasteiger partial charge in [0.1, 0.15) is 0 Å². The van der Waals surface area contributed by atoms with Crippen LogP contribution in [0.5, 0.6) is 0 Å². The van der Waals surface area contributed by atoms with Gasteiger partial charge in [0.2, 0.25) is 0 Å². The molecule has 0 heterocycles. The Kier molecular flexibility index (Phi) is 5.65. The summed E-state index contributed by atoms with van der Waals surface area (Å²) >= 11 is 6.00. The molecule has 1 unspecified atom stereocenters. The van der Waals surface area contributed by atoms with Gasteiger partial charge in [0.25, 0.3) is 0 Å². The van der Waals surface area contributed by atoms with Gasteiger partial charge in [-0.3, -0.25) is 0 Å². The van der Waals surface area contributed by atoms with Crippen molar-refractivity contribution in [2.75, 3.05) is 26.9 Å². The van der Waals surface area contributed by atoms with Crippen LogP contribution in [-0.4, -0.2) is 26.9 Å². The number of hydrogen-bond donors (Lipinski definition) is 1. The van der Waals surface area contributed by atoms with Crippen molar-refractivity contribution in [3.05, 3.63) is 34.9 Å². The lowest BCUT2D eigenvalue weighted by Crippen LogP contribution is -2.18. The van der Waals surface area contributed by atoms with E-state index in [1.165, 1.54) is 0 Å². The van der Waals surface area contributed by atoms with Gasteiger partial charge in [-0.15, -0.1) is 0 Å². The summed E-state index contributed by atoms with van der Waals surface area (Å²) in [5.74, 6) is 0. The minimum atomic E-state index is -0.185. The van der Waals surface area contributed by atoms with Crippen molar-refractivity contribution in [2.24, 2.45) is 5.73 Å². The lowest BCUT2D eigenvalue weighted by atomic mass is 10.1. The maximum Gasteiger partial charge on any atom is 0.0701 e. The van der Waals surface area contributed by atoms with Gasteiger partial charge < -0.3 is 15.2 Å². The summed E-state index contributed by atoms with van der Waals surface area (Å²) in [6.45, 7) is 1.58. The largest absolute Gasteiger partial charge is 0.382 e. The lowest BCUT2D eigenvalue weighted by molar-refractivity contribution is 0.0636. The zero-order valence-corrected chi connectivity index (χ0v) is 9.54. The molecule has 1 aromatic rings. The molecule has 1 atom stereocenters. The van der Waals surface area contributed by atoms with Crippen LogP contribution in [0.25, 0.3) is 0 Å². The molecule has 3 nitrogen and oxygen atoms in total. The van der Waals surface area contributed by atoms with Crippen molar-refractivity contribution in [3.8, 4) is 0 Å². The summed E-state index contributed by atoms with van der Waals surface area (Å²) in [4.78, 5) is 0. The Bertz CT molecular complexity index is 294. The molecule has 0 amide bonds. The van der Waals surface area contributed by atoms with E-state index < -0.39 is 0 Å². The van der Waals surface area contributed by atoms with Crippen LogP contribution in [0, 0.1) is 0 Å². The van der Waals surface area contributed by atoms with E-state index in [2.05, 4.69) is 0 Å². The Hall–Kier alpha value is -0.610. The van der Waals surface area contributed by atoms with Crippen LogP contribution in [0.3, 0.4) is 0 Å². The fourth-order valence-electron chi connectivity index (χ4n) is 1.22. The first-order valence-electron chi connectivity index (χ1n) is 4.82. The quantitative estimate of drug-likeness (QED) is 0.759. The SMILES string of the molecule is COCCOCC(N)c1ccccc1Cl. The topological polar surface area (TPSA) is 44.5 Å². The Morgan fingerprint density at radius 3 is 2.73 bits per heavy atom. The number of halogens is 1. The van der Waals surface area contributed by atoms with Gasteiger partial charge in [0, 0.05) is 12.1 Å². The van der Waals surface area contributed by atoms with Crippen molar-refractivity contribution in [3.63, 3.8) is 0 Å². The highest BCUT2D eigenvalue weighted by atomic mass is 35.5. The molecule has 0 radical (unpaired) electrons. The van der Waals surface area contributed by atoms with Crippen LogP contribution in [0.1, 0.15) is 11.6 Å². The monoisotopic (exact) mass is 229 g/mol. The second-order valence-corrected chi connectivity index (χ2v) is 3.60. The molecule has 0 saturated carbocycles. The number of nitrogens with two attached hydrogens (primary N) is 1. The molecule has 15 heavy (non-hydrogen) atoms. The van der Waals surface area contributed by atoms with Crippen LogP contribution >= 0.6 is 11.6 Å². The van der Waals surface area contributed by atoms with E-state index in [1.807, 2.05) is 24.3 Å². The summed E-state index contributed by atoms with van der Waals surface area (Å²) in [5.41, 5.74) is 6.84. The van der Waals surface area contributed by atoms with Crippen LogP contribution in [-0.2, 0) is 9.47 Å². The molecular formula is C11H16ClNO2. The normalized spacial score (nSPS) is 12.7. The Labute approximate surface area is 95.1 Å². The number of benzene rings is 1. The molecule has 0 aliphatic heterocycles. The molecule has 4 heteroatoms. The Balaban J connectivity index is 2.40. The first-order valence-corrected chi connectivity index (χ1v) is 5.20. The standard InChI is InChI=1S/C11H16ClNO2/c1-14-6-7-15-8-11(13)9-4-2-3-5-10(9)12/h2-5,11H,6-8,13H2,1H3. The third-order valence-corrected chi connectivity index (χ3v) is 2.38. The molecule has 0 spiro atoms. The van der Waals surface area contributed by atoms with Gasteiger partial charge >= 0.3 is 0 Å². The van der Waals surface area contributed by atoms with Gasteiger partial charge in [-0.1, -0.05) is 29.8 Å². The summed E-state index contributed by atoms with van der Waals surface area (Å²) in [6.07, 6.45) is 0. The van der Waals surface area contributed by atoms with Crippen molar-refractivity contribution in [2.45, 2.75) is 6.04 Å². The van der Waals surface area contributed by atoms with Gasteiger partial charge in [0.05, 0.1) is 25.9 Å². The molecule has 2 N–H and O–H groups in total. The molecule has 1 aromatic carbocycles. The van der Waals surface area contributed by atoms with E-state index in [9.17, 15) is 0 Å². The number of ether oxygens (including phenoxy) is 2. The van der Waals surface area contributed by atoms with E-state index in [1.54, 1.807) is 7.11 Å². The second kappa shape index (κ2) is 6.80. The molecule has 0 aromatic heterocycles. The van der Waals surface area contributed by atoms with Crippen LogP contribution in [0.2, 0.25) is 5.02 Å². The van der Waals surface area contributed by atoms with Gasteiger partial charge in [-0.25, -0.2) is 0 Å². The number of hydrogen-bond acceptors (Lipinski definition) is 3. The smallest absolute Gasteiger partial charge is 0.0701 e. The van der Waals surface area contributed by atoms with Gasteiger partial charge in [-0.05, 0) is 11.6 Å². The summed E-state index contributed by atoms with van der Waals surface area (Å²) < 4.78 is 10.2. The van der Waals surface area contributed by atoms with E-state index >= 15 is 0 Å². The molecule has 1 rings (SSSR count). The van der Waals surface area contributed by atoms with E-state index in [0.717, 1.165) is 5.56 Å².